The summed E-state index contributed by atoms with van der Waals surface area (Å²) >= 11 is 0. The zero-order valence-electron chi connectivity index (χ0n) is 10.4. The summed E-state index contributed by atoms with van der Waals surface area (Å²) in [5.41, 5.74) is 1.11. The molecule has 1 saturated carbocycles. The van der Waals surface area contributed by atoms with Gasteiger partial charge in [-0.2, -0.15) is 0 Å². The minimum absolute atomic E-state index is 0.118. The van der Waals surface area contributed by atoms with Crippen molar-refractivity contribution in [3.05, 3.63) is 18.0 Å². The van der Waals surface area contributed by atoms with Crippen LogP contribution in [0, 0.1) is 0 Å². The largest absolute Gasteiger partial charge is 0.489 e. The van der Waals surface area contributed by atoms with Crippen molar-refractivity contribution in [1.29, 1.82) is 0 Å². The first-order valence-corrected chi connectivity index (χ1v) is 5.68. The second-order valence-corrected chi connectivity index (χ2v) is 4.33. The Morgan fingerprint density at radius 2 is 2.24 bits per heavy atom. The fourth-order valence-corrected chi connectivity index (χ4v) is 1.46. The van der Waals surface area contributed by atoms with Gasteiger partial charge in [0.1, 0.15) is 5.75 Å². The molecule has 1 N–H and O–H groups in total. The Hall–Kier alpha value is -1.78. The number of aromatic nitrogens is 1. The van der Waals surface area contributed by atoms with Crippen molar-refractivity contribution < 1.29 is 9.53 Å². The first-order chi connectivity index (χ1) is 8.11. The molecular weight excluding hydrogens is 218 g/mol. The summed E-state index contributed by atoms with van der Waals surface area (Å²) in [6.07, 6.45) is 4.15. The van der Waals surface area contributed by atoms with E-state index in [0.717, 1.165) is 12.8 Å². The number of nitrogens with zero attached hydrogens (tertiary/aromatic N) is 2. The summed E-state index contributed by atoms with van der Waals surface area (Å²) in [7, 11) is 5.18. The van der Waals surface area contributed by atoms with Crippen molar-refractivity contribution in [3.8, 4) is 5.75 Å². The van der Waals surface area contributed by atoms with Gasteiger partial charge < -0.3 is 15.0 Å². The number of hydrogen-bond acceptors (Lipinski definition) is 4. The van der Waals surface area contributed by atoms with E-state index in [1.54, 1.807) is 27.3 Å². The summed E-state index contributed by atoms with van der Waals surface area (Å²) in [5.74, 6) is 0.597. The average molecular weight is 235 g/mol. The molecule has 0 saturated heterocycles. The van der Waals surface area contributed by atoms with Gasteiger partial charge in [-0.25, -0.2) is 4.98 Å². The molecule has 2 rings (SSSR count). The average Bonchev–Trinajstić information content (AvgIpc) is 3.11. The standard InChI is InChI=1S/C12H17N3O2/c1-13-10-6-9(17-8-4-5-8)7-14-11(10)12(16)15(2)3/h6-8,13H,4-5H2,1-3H3. The molecule has 0 unspecified atom stereocenters. The smallest absolute Gasteiger partial charge is 0.274 e. The fourth-order valence-electron chi connectivity index (χ4n) is 1.46. The lowest BCUT2D eigenvalue weighted by Crippen LogP contribution is -2.23. The van der Waals surface area contributed by atoms with Crippen LogP contribution in [0.25, 0.3) is 0 Å². The third kappa shape index (κ3) is 2.67. The van der Waals surface area contributed by atoms with Gasteiger partial charge in [-0.15, -0.1) is 0 Å². The fraction of sp³-hybridized carbons (Fsp3) is 0.500. The summed E-state index contributed by atoms with van der Waals surface area (Å²) in [4.78, 5) is 17.5. The summed E-state index contributed by atoms with van der Waals surface area (Å²) in [6.45, 7) is 0. The third-order valence-electron chi connectivity index (χ3n) is 2.57. The number of carbonyl (C=O) groups excluding carboxylic acids is 1. The van der Waals surface area contributed by atoms with Gasteiger partial charge in [0, 0.05) is 27.2 Å². The van der Waals surface area contributed by atoms with Gasteiger partial charge in [-0.05, 0) is 12.8 Å². The maximum absolute atomic E-state index is 11.9. The Balaban J connectivity index is 2.23. The molecule has 5 nitrogen and oxygen atoms in total. The first kappa shape index (κ1) is 11.7. The molecular formula is C12H17N3O2. The highest BCUT2D eigenvalue weighted by molar-refractivity contribution is 5.97. The van der Waals surface area contributed by atoms with Crippen LogP contribution in [0.1, 0.15) is 23.3 Å². The van der Waals surface area contributed by atoms with Gasteiger partial charge in [0.25, 0.3) is 5.91 Å². The highest BCUT2D eigenvalue weighted by atomic mass is 16.5. The predicted octanol–water partition coefficient (Wildman–Crippen LogP) is 1.37. The van der Waals surface area contributed by atoms with Gasteiger partial charge in [0.15, 0.2) is 5.69 Å². The SMILES string of the molecule is CNc1cc(OC2CC2)cnc1C(=O)N(C)C. The molecule has 1 aromatic rings. The van der Waals surface area contributed by atoms with E-state index in [9.17, 15) is 4.79 Å². The maximum Gasteiger partial charge on any atom is 0.274 e. The molecule has 17 heavy (non-hydrogen) atoms. The molecule has 1 aromatic heterocycles. The Morgan fingerprint density at radius 3 is 2.76 bits per heavy atom. The van der Waals surface area contributed by atoms with Crippen LogP contribution in [0.2, 0.25) is 0 Å². The van der Waals surface area contributed by atoms with Crippen LogP contribution in [0.4, 0.5) is 5.69 Å². The monoisotopic (exact) mass is 235 g/mol. The quantitative estimate of drug-likeness (QED) is 0.856. The van der Waals surface area contributed by atoms with Crippen LogP contribution in [-0.2, 0) is 0 Å². The van der Waals surface area contributed by atoms with Crippen molar-refractivity contribution in [3.63, 3.8) is 0 Å². The second kappa shape index (κ2) is 4.61. The molecule has 0 spiro atoms. The second-order valence-electron chi connectivity index (χ2n) is 4.33. The van der Waals surface area contributed by atoms with E-state index in [1.807, 2.05) is 6.07 Å². The van der Waals surface area contributed by atoms with E-state index in [1.165, 1.54) is 4.90 Å². The molecule has 0 aliphatic heterocycles. The van der Waals surface area contributed by atoms with Crippen LogP contribution in [0.15, 0.2) is 12.3 Å². The van der Waals surface area contributed by atoms with E-state index in [-0.39, 0.29) is 5.91 Å². The number of nitrogens with one attached hydrogen (secondary N) is 1. The Morgan fingerprint density at radius 1 is 1.53 bits per heavy atom. The highest BCUT2D eigenvalue weighted by Gasteiger charge is 2.24. The number of pyridine rings is 1. The molecule has 0 aromatic carbocycles. The van der Waals surface area contributed by atoms with Gasteiger partial charge in [-0.3, -0.25) is 4.79 Å². The maximum atomic E-state index is 11.9. The number of carbonyl (C=O) groups is 1. The summed E-state index contributed by atoms with van der Waals surface area (Å²) < 4.78 is 5.64. The molecule has 1 heterocycles. The minimum Gasteiger partial charge on any atom is -0.489 e. The molecule has 1 amide bonds. The Labute approximate surface area is 101 Å². The van der Waals surface area contributed by atoms with Crippen molar-refractivity contribution in [1.82, 2.24) is 9.88 Å². The van der Waals surface area contributed by atoms with Crippen molar-refractivity contribution in [2.24, 2.45) is 0 Å². The third-order valence-corrected chi connectivity index (χ3v) is 2.57. The molecule has 1 fully saturated rings. The predicted molar refractivity (Wildman–Crippen MR) is 65.5 cm³/mol. The Kier molecular flexibility index (Phi) is 3.17. The Bertz CT molecular complexity index is 428. The van der Waals surface area contributed by atoms with E-state index >= 15 is 0 Å². The van der Waals surface area contributed by atoms with Gasteiger partial charge in [0.05, 0.1) is 18.0 Å². The molecule has 1 aliphatic carbocycles. The highest BCUT2D eigenvalue weighted by Crippen LogP contribution is 2.28. The zero-order valence-corrected chi connectivity index (χ0v) is 10.4. The molecule has 92 valence electrons. The van der Waals surface area contributed by atoms with E-state index in [0.29, 0.717) is 23.2 Å². The van der Waals surface area contributed by atoms with Crippen LogP contribution in [0.5, 0.6) is 5.75 Å². The van der Waals surface area contributed by atoms with Gasteiger partial charge in [-0.1, -0.05) is 0 Å². The van der Waals surface area contributed by atoms with E-state index in [2.05, 4.69) is 10.3 Å². The van der Waals surface area contributed by atoms with Crippen molar-refractivity contribution in [2.45, 2.75) is 18.9 Å². The lowest BCUT2D eigenvalue weighted by molar-refractivity contribution is 0.0823. The van der Waals surface area contributed by atoms with Crippen LogP contribution < -0.4 is 10.1 Å². The molecule has 5 heteroatoms. The van der Waals surface area contributed by atoms with E-state index < -0.39 is 0 Å². The zero-order chi connectivity index (χ0) is 12.4. The normalized spacial score (nSPS) is 14.3. The molecule has 0 radical (unpaired) electrons. The topological polar surface area (TPSA) is 54.5 Å². The summed E-state index contributed by atoms with van der Waals surface area (Å²) in [5, 5.41) is 2.98. The van der Waals surface area contributed by atoms with Crippen LogP contribution in [-0.4, -0.2) is 43.0 Å². The number of amides is 1. The van der Waals surface area contributed by atoms with Crippen LogP contribution in [0.3, 0.4) is 0 Å². The number of hydrogen-bond donors (Lipinski definition) is 1. The van der Waals surface area contributed by atoms with Gasteiger partial charge in [0.2, 0.25) is 0 Å². The minimum atomic E-state index is -0.118. The molecule has 1 aliphatic rings. The lowest BCUT2D eigenvalue weighted by atomic mass is 10.2. The van der Waals surface area contributed by atoms with Gasteiger partial charge >= 0.3 is 0 Å². The van der Waals surface area contributed by atoms with Crippen LogP contribution >= 0.6 is 0 Å². The first-order valence-electron chi connectivity index (χ1n) is 5.68. The van der Waals surface area contributed by atoms with Crippen molar-refractivity contribution in [2.75, 3.05) is 26.5 Å². The van der Waals surface area contributed by atoms with E-state index in [4.69, 9.17) is 4.74 Å². The molecule has 0 bridgehead atoms. The molecule has 0 atom stereocenters. The lowest BCUT2D eigenvalue weighted by Gasteiger charge is -2.14. The number of rotatable bonds is 4. The number of anilines is 1. The van der Waals surface area contributed by atoms with Crippen molar-refractivity contribution >= 4 is 11.6 Å². The summed E-state index contributed by atoms with van der Waals surface area (Å²) in [6, 6.07) is 1.82. The number of ether oxygens (including phenoxy) is 1.